The fourth-order valence-corrected chi connectivity index (χ4v) is 0.485. The van der Waals surface area contributed by atoms with Crippen molar-refractivity contribution in [2.75, 3.05) is 0 Å². The molecule has 0 radical (unpaired) electrons. The van der Waals surface area contributed by atoms with E-state index in [-0.39, 0.29) is 41.3 Å². The van der Waals surface area contributed by atoms with Crippen molar-refractivity contribution >= 4 is 41.3 Å². The Morgan fingerprint density at radius 1 is 1.00 bits per heavy atom. The van der Waals surface area contributed by atoms with Gasteiger partial charge in [0, 0.05) is 12.1 Å². The number of rotatable bonds is 0. The first-order valence-electron chi connectivity index (χ1n) is 2.30. The summed E-state index contributed by atoms with van der Waals surface area (Å²) >= 11 is 0. The van der Waals surface area contributed by atoms with Gasteiger partial charge in [-0.25, -0.2) is 4.57 Å². The predicted molar refractivity (Wildman–Crippen MR) is 53.0 cm³/mol. The fourth-order valence-electron chi connectivity index (χ4n) is 0.485. The van der Waals surface area contributed by atoms with Crippen LogP contribution in [-0.4, -0.2) is 17.4 Å². The summed E-state index contributed by atoms with van der Waals surface area (Å²) in [6.45, 7) is 0. The van der Waals surface area contributed by atoms with E-state index in [1.807, 2.05) is 42.2 Å². The van der Waals surface area contributed by atoms with E-state index in [9.17, 15) is 0 Å². The highest BCUT2D eigenvalue weighted by atomic mass is 127. The number of aromatic nitrogens is 1. The number of halogens is 1. The zero-order valence-electron chi connectivity index (χ0n) is 4.74. The third kappa shape index (κ3) is 4.89. The fraction of sp³-hybridized carbons (Fsp3) is 0.167. The van der Waals surface area contributed by atoms with Crippen LogP contribution in [0.3, 0.4) is 0 Å². The lowest BCUT2D eigenvalue weighted by molar-refractivity contribution is -0.671. The number of nitrogens with zero attached hydrogens (tertiary/aromatic N) is 1. The zero-order valence-corrected chi connectivity index (χ0v) is 7.07. The molecule has 0 fully saturated rings. The minimum Gasteiger partial charge on any atom is -0.208 e. The molecule has 0 aliphatic carbocycles. The quantitative estimate of drug-likeness (QED) is 0.346. The summed E-state index contributed by atoms with van der Waals surface area (Å²) in [6.07, 6.45) is 4.00. The average Bonchev–Trinajstić information content (AvgIpc) is 1.69. The van der Waals surface area contributed by atoms with Gasteiger partial charge >= 0.3 is 0 Å². The molecule has 0 aliphatic rings. The molecule has 50 valence electrons. The Morgan fingerprint density at radius 3 is 1.67 bits per heavy atom. The Labute approximate surface area is 83.2 Å². The summed E-state index contributed by atoms with van der Waals surface area (Å²) in [5, 5.41) is 0. The molecule has 0 saturated heterocycles. The maximum Gasteiger partial charge on any atom is 0.187 e. The van der Waals surface area contributed by atoms with Crippen LogP contribution in [0.15, 0.2) is 30.6 Å². The molecule has 0 spiro atoms. The summed E-state index contributed by atoms with van der Waals surface area (Å²) in [4.78, 5) is 0. The van der Waals surface area contributed by atoms with Crippen LogP contribution in [-0.2, 0) is 7.05 Å². The second kappa shape index (κ2) is 6.53. The van der Waals surface area contributed by atoms with E-state index in [0.717, 1.165) is 0 Å². The Kier molecular flexibility index (Phi) is 8.80. The number of hydrogen-bond acceptors (Lipinski definition) is 0. The Bertz CT molecular complexity index is 143. The van der Waals surface area contributed by atoms with E-state index >= 15 is 0 Å². The largest absolute Gasteiger partial charge is 0.208 e. The molecular weight excluding hydrogens is 240 g/mol. The summed E-state index contributed by atoms with van der Waals surface area (Å²) in [5.41, 5.74) is 0. The molecule has 0 atom stereocenters. The van der Waals surface area contributed by atoms with Gasteiger partial charge in [-0.2, -0.15) is 0 Å². The maximum atomic E-state index is 2.00. The molecule has 0 saturated carbocycles. The Balaban J connectivity index is 0. The molecule has 0 amide bonds. The van der Waals surface area contributed by atoms with Gasteiger partial charge in [-0.3, -0.25) is 0 Å². The highest BCUT2D eigenvalue weighted by Crippen LogP contribution is 1.71. The molecule has 0 N–H and O–H groups in total. The van der Waals surface area contributed by atoms with Crippen molar-refractivity contribution in [3.8, 4) is 0 Å². The average molecular weight is 252 g/mol. The van der Waals surface area contributed by atoms with Crippen molar-refractivity contribution in [1.82, 2.24) is 0 Å². The zero-order chi connectivity index (χ0) is 5.11. The van der Waals surface area contributed by atoms with Gasteiger partial charge in [0.25, 0.3) is 0 Å². The third-order valence-corrected chi connectivity index (χ3v) is 0.865. The molecule has 1 aromatic heterocycles. The van der Waals surface area contributed by atoms with E-state index in [2.05, 4.69) is 0 Å². The van der Waals surface area contributed by atoms with Crippen molar-refractivity contribution in [1.29, 1.82) is 0 Å². The normalized spacial score (nSPS) is 6.78. The number of hydrogen-bond donors (Lipinski definition) is 0. The summed E-state index contributed by atoms with van der Waals surface area (Å²) in [7, 11) is 2.00. The van der Waals surface area contributed by atoms with Gasteiger partial charge in [0.15, 0.2) is 29.8 Å². The van der Waals surface area contributed by atoms with E-state index < -0.39 is 0 Å². The van der Waals surface area contributed by atoms with Crippen LogP contribution in [0.1, 0.15) is 0 Å². The molecule has 1 heterocycles. The highest BCUT2D eigenvalue weighted by Gasteiger charge is 1.78. The van der Waals surface area contributed by atoms with Gasteiger partial charge in [-0.1, -0.05) is 6.07 Å². The van der Waals surface area contributed by atoms with Crippen molar-refractivity contribution < 1.29 is 4.57 Å². The lowest BCUT2D eigenvalue weighted by Gasteiger charge is -1.77. The maximum absolute atomic E-state index is 2.00. The molecule has 3 heteroatoms. The molecule has 1 nitrogen and oxygen atoms in total. The van der Waals surface area contributed by atoms with Crippen LogP contribution < -0.4 is 4.57 Å². The first-order chi connectivity index (χ1) is 3.39. The van der Waals surface area contributed by atoms with Crippen molar-refractivity contribution in [2.45, 2.75) is 0 Å². The first-order valence-corrected chi connectivity index (χ1v) is 2.30. The summed E-state index contributed by atoms with van der Waals surface area (Å²) < 4.78 is 2.00. The number of pyridine rings is 1. The van der Waals surface area contributed by atoms with Crippen molar-refractivity contribution in [3.05, 3.63) is 30.6 Å². The lowest BCUT2D eigenvalue weighted by atomic mass is 10.5. The predicted octanol–water partition coefficient (Wildman–Crippen LogP) is -0.0548. The van der Waals surface area contributed by atoms with Gasteiger partial charge in [0.1, 0.15) is 7.05 Å². The van der Waals surface area contributed by atoms with Gasteiger partial charge in [0.05, 0.1) is 0 Å². The van der Waals surface area contributed by atoms with Crippen LogP contribution in [0.5, 0.6) is 0 Å². The molecule has 0 unspecified atom stereocenters. The van der Waals surface area contributed by atoms with Gasteiger partial charge < -0.3 is 0 Å². The van der Waals surface area contributed by atoms with E-state index in [1.165, 1.54) is 0 Å². The van der Waals surface area contributed by atoms with E-state index in [0.29, 0.717) is 0 Å². The summed E-state index contributed by atoms with van der Waals surface area (Å²) in [5.74, 6) is 0. The monoisotopic (exact) mass is 252 g/mol. The molecule has 0 aromatic carbocycles. The minimum atomic E-state index is 0. The third-order valence-electron chi connectivity index (χ3n) is 0.865. The first kappa shape index (κ1) is 12.1. The number of aryl methyl sites for hydroxylation is 1. The second-order valence-corrected chi connectivity index (χ2v) is 1.54. The van der Waals surface area contributed by atoms with Crippen molar-refractivity contribution in [2.24, 2.45) is 7.05 Å². The topological polar surface area (TPSA) is 3.88 Å². The van der Waals surface area contributed by atoms with E-state index in [4.69, 9.17) is 0 Å². The second-order valence-electron chi connectivity index (χ2n) is 1.54. The van der Waals surface area contributed by atoms with Crippen LogP contribution in [0.4, 0.5) is 0 Å². The van der Waals surface area contributed by atoms with Crippen LogP contribution in [0.2, 0.25) is 0 Å². The lowest BCUT2D eigenvalue weighted by Crippen LogP contribution is -2.25. The van der Waals surface area contributed by atoms with E-state index in [1.54, 1.807) is 0 Å². The van der Waals surface area contributed by atoms with Crippen LogP contribution >= 0.6 is 24.0 Å². The Hall–Kier alpha value is 0.412. The smallest absolute Gasteiger partial charge is 0.187 e. The molecular formula is C6H12AlIN+. The molecule has 1 rings (SSSR count). The molecule has 1 aromatic rings. The Morgan fingerprint density at radius 2 is 1.44 bits per heavy atom. The van der Waals surface area contributed by atoms with Gasteiger partial charge in [0.2, 0.25) is 0 Å². The molecule has 0 bridgehead atoms. The minimum absolute atomic E-state index is 0. The van der Waals surface area contributed by atoms with Gasteiger partial charge in [-0.15, -0.1) is 24.0 Å². The van der Waals surface area contributed by atoms with Crippen molar-refractivity contribution in [3.63, 3.8) is 0 Å². The summed E-state index contributed by atoms with van der Waals surface area (Å²) in [6, 6.07) is 6.00. The molecule has 9 heavy (non-hydrogen) atoms. The standard InChI is InChI=1S/C6H8N.Al.HI.3H/c1-7-5-3-2-4-6-7;;;;;/h2-6H,1H3;;1H;;;/q+1;;;;;. The van der Waals surface area contributed by atoms with Crippen LogP contribution in [0.25, 0.3) is 0 Å². The van der Waals surface area contributed by atoms with Gasteiger partial charge in [-0.05, 0) is 0 Å². The molecule has 0 aliphatic heterocycles. The SMILES string of the molecule is C[n+]1ccccc1.I.[AlH3]. The highest BCUT2D eigenvalue weighted by molar-refractivity contribution is 14.0. The van der Waals surface area contributed by atoms with Crippen LogP contribution in [0, 0.1) is 0 Å².